The third-order valence-electron chi connectivity index (χ3n) is 2.68. The van der Waals surface area contributed by atoms with Gasteiger partial charge in [-0.05, 0) is 18.6 Å². The molecular weight excluding hydrogens is 254 g/mol. The molecule has 2 aromatic rings. The van der Waals surface area contributed by atoms with Crippen LogP contribution in [0.2, 0.25) is 0 Å². The summed E-state index contributed by atoms with van der Waals surface area (Å²) in [5.74, 6) is -0.747. The van der Waals surface area contributed by atoms with E-state index in [9.17, 15) is 13.6 Å². The molecule has 0 bridgehead atoms. The summed E-state index contributed by atoms with van der Waals surface area (Å²) in [6, 6.07) is 7.92. The van der Waals surface area contributed by atoms with Crippen molar-refractivity contribution in [3.63, 3.8) is 0 Å². The van der Waals surface area contributed by atoms with Crippen LogP contribution in [0.4, 0.5) is 8.78 Å². The summed E-state index contributed by atoms with van der Waals surface area (Å²) in [6.45, 7) is 1.76. The van der Waals surface area contributed by atoms with Crippen molar-refractivity contribution in [1.29, 1.82) is 0 Å². The molecule has 100 valence electrons. The number of halogens is 2. The number of hydrogen-bond acceptors (Lipinski definition) is 3. The minimum absolute atomic E-state index is 0.133. The van der Waals surface area contributed by atoms with Crippen molar-refractivity contribution < 1.29 is 18.3 Å². The fourth-order valence-corrected chi connectivity index (χ4v) is 1.66. The fraction of sp³-hybridized carbons (Fsp3) is 0.231. The first-order valence-electron chi connectivity index (χ1n) is 5.59. The van der Waals surface area contributed by atoms with Crippen molar-refractivity contribution >= 4 is 5.97 Å². The molecule has 0 fully saturated rings. The molecule has 19 heavy (non-hydrogen) atoms. The third-order valence-corrected chi connectivity index (χ3v) is 2.68. The van der Waals surface area contributed by atoms with Gasteiger partial charge in [0.1, 0.15) is 5.69 Å². The Hall–Kier alpha value is -2.24. The Morgan fingerprint density at radius 3 is 2.63 bits per heavy atom. The first-order valence-corrected chi connectivity index (χ1v) is 5.59. The van der Waals surface area contributed by atoms with Crippen molar-refractivity contribution in [2.75, 3.05) is 0 Å². The lowest BCUT2D eigenvalue weighted by atomic mass is 10.1. The van der Waals surface area contributed by atoms with E-state index >= 15 is 0 Å². The number of aryl methyl sites for hydroxylation is 2. The molecule has 1 aromatic heterocycles. The molecule has 0 spiro atoms. The molecule has 2 rings (SSSR count). The monoisotopic (exact) mass is 266 g/mol. The van der Waals surface area contributed by atoms with Gasteiger partial charge >= 0.3 is 5.97 Å². The minimum Gasteiger partial charge on any atom is -0.402 e. The number of esters is 1. The molecule has 4 nitrogen and oxygen atoms in total. The van der Waals surface area contributed by atoms with Gasteiger partial charge in [-0.1, -0.05) is 18.2 Å². The number of carbonyl (C=O) groups excluding carboxylic acids is 1. The number of rotatable bonds is 3. The fourth-order valence-electron chi connectivity index (χ4n) is 1.66. The van der Waals surface area contributed by atoms with Gasteiger partial charge in [-0.15, -0.1) is 5.10 Å². The van der Waals surface area contributed by atoms with Gasteiger partial charge in [-0.25, -0.2) is 13.6 Å². The number of benzene rings is 1. The molecular formula is C13H12F2N2O2. The van der Waals surface area contributed by atoms with E-state index in [2.05, 4.69) is 5.10 Å². The quantitative estimate of drug-likeness (QED) is 0.802. The standard InChI is InChI=1S/C13H12F2N2O2/c1-8-5-3-4-6-9(8)13(18)19-11-7-10(12(14)15)17(2)16-11/h3-7,12H,1-2H3. The lowest BCUT2D eigenvalue weighted by Gasteiger charge is -2.03. The van der Waals surface area contributed by atoms with Crippen LogP contribution in [0, 0.1) is 6.92 Å². The summed E-state index contributed by atoms with van der Waals surface area (Å²) >= 11 is 0. The van der Waals surface area contributed by atoms with Gasteiger partial charge in [0, 0.05) is 13.1 Å². The van der Waals surface area contributed by atoms with E-state index in [1.807, 2.05) is 0 Å². The molecule has 0 radical (unpaired) electrons. The van der Waals surface area contributed by atoms with Gasteiger partial charge in [-0.2, -0.15) is 0 Å². The largest absolute Gasteiger partial charge is 0.402 e. The normalized spacial score (nSPS) is 10.8. The van der Waals surface area contributed by atoms with Crippen LogP contribution < -0.4 is 4.74 Å². The van der Waals surface area contributed by atoms with Crippen LogP contribution in [0.25, 0.3) is 0 Å². The van der Waals surface area contributed by atoms with Crippen LogP contribution >= 0.6 is 0 Å². The van der Waals surface area contributed by atoms with Crippen molar-refractivity contribution in [2.24, 2.45) is 7.05 Å². The summed E-state index contributed by atoms with van der Waals surface area (Å²) < 4.78 is 31.1. The molecule has 0 aliphatic carbocycles. The van der Waals surface area contributed by atoms with E-state index < -0.39 is 12.4 Å². The Bertz CT molecular complexity index is 608. The Balaban J connectivity index is 2.20. The van der Waals surface area contributed by atoms with E-state index in [0.29, 0.717) is 5.56 Å². The molecule has 1 heterocycles. The summed E-state index contributed by atoms with van der Waals surface area (Å²) in [4.78, 5) is 11.9. The molecule has 1 aromatic carbocycles. The zero-order valence-corrected chi connectivity index (χ0v) is 10.4. The molecule has 0 amide bonds. The van der Waals surface area contributed by atoms with Gasteiger partial charge in [0.15, 0.2) is 0 Å². The lowest BCUT2D eigenvalue weighted by molar-refractivity contribution is 0.0725. The zero-order valence-electron chi connectivity index (χ0n) is 10.4. The van der Waals surface area contributed by atoms with Crippen LogP contribution in [0.1, 0.15) is 28.0 Å². The highest BCUT2D eigenvalue weighted by Gasteiger charge is 2.18. The number of ether oxygens (including phenoxy) is 1. The van der Waals surface area contributed by atoms with Crippen LogP contribution in [0.15, 0.2) is 30.3 Å². The Kier molecular flexibility index (Phi) is 3.59. The molecule has 0 unspecified atom stereocenters. The second-order valence-electron chi connectivity index (χ2n) is 4.04. The summed E-state index contributed by atoms with van der Waals surface area (Å²) in [5, 5.41) is 3.72. The Labute approximate surface area is 108 Å². The van der Waals surface area contributed by atoms with Crippen molar-refractivity contribution in [2.45, 2.75) is 13.3 Å². The second-order valence-corrected chi connectivity index (χ2v) is 4.04. The number of carbonyl (C=O) groups is 1. The summed E-state index contributed by atoms with van der Waals surface area (Å²) in [5.41, 5.74) is 0.830. The van der Waals surface area contributed by atoms with E-state index in [0.717, 1.165) is 16.3 Å². The van der Waals surface area contributed by atoms with E-state index in [4.69, 9.17) is 4.74 Å². The van der Waals surface area contributed by atoms with E-state index in [1.54, 1.807) is 31.2 Å². The van der Waals surface area contributed by atoms with Gasteiger partial charge in [0.25, 0.3) is 6.43 Å². The maximum Gasteiger partial charge on any atom is 0.345 e. The first kappa shape index (κ1) is 13.2. The highest BCUT2D eigenvalue weighted by Crippen LogP contribution is 2.22. The predicted molar refractivity (Wildman–Crippen MR) is 64.3 cm³/mol. The summed E-state index contributed by atoms with van der Waals surface area (Å²) in [6.07, 6.45) is -2.66. The molecule has 0 N–H and O–H groups in total. The van der Waals surface area contributed by atoms with Crippen molar-refractivity contribution in [3.8, 4) is 5.88 Å². The smallest absolute Gasteiger partial charge is 0.345 e. The highest BCUT2D eigenvalue weighted by molar-refractivity contribution is 5.92. The second kappa shape index (κ2) is 5.17. The first-order chi connectivity index (χ1) is 8.99. The van der Waals surface area contributed by atoms with Gasteiger partial charge < -0.3 is 4.74 Å². The van der Waals surface area contributed by atoms with Crippen LogP contribution in [-0.2, 0) is 7.05 Å². The molecule has 0 aliphatic heterocycles. The average Bonchev–Trinajstić information content (AvgIpc) is 2.70. The molecule has 0 saturated carbocycles. The average molecular weight is 266 g/mol. The van der Waals surface area contributed by atoms with Crippen LogP contribution in [0.3, 0.4) is 0 Å². The van der Waals surface area contributed by atoms with Crippen LogP contribution in [0.5, 0.6) is 5.88 Å². The Morgan fingerprint density at radius 2 is 2.05 bits per heavy atom. The maximum absolute atomic E-state index is 12.6. The zero-order chi connectivity index (χ0) is 14.0. The van der Waals surface area contributed by atoms with Crippen molar-refractivity contribution in [3.05, 3.63) is 47.2 Å². The SMILES string of the molecule is Cc1ccccc1C(=O)Oc1cc(C(F)F)n(C)n1. The predicted octanol–water partition coefficient (Wildman–Crippen LogP) is 2.89. The van der Waals surface area contributed by atoms with E-state index in [1.165, 1.54) is 7.05 Å². The molecule has 0 saturated heterocycles. The maximum atomic E-state index is 12.6. The number of alkyl halides is 2. The van der Waals surface area contributed by atoms with Gasteiger partial charge in [0.2, 0.25) is 5.88 Å². The number of hydrogen-bond donors (Lipinski definition) is 0. The summed E-state index contributed by atoms with van der Waals surface area (Å²) in [7, 11) is 1.37. The lowest BCUT2D eigenvalue weighted by Crippen LogP contribution is -2.10. The van der Waals surface area contributed by atoms with Crippen LogP contribution in [-0.4, -0.2) is 15.7 Å². The molecule has 6 heteroatoms. The Morgan fingerprint density at radius 1 is 1.37 bits per heavy atom. The molecule has 0 atom stereocenters. The number of aromatic nitrogens is 2. The highest BCUT2D eigenvalue weighted by atomic mass is 19.3. The molecule has 0 aliphatic rings. The van der Waals surface area contributed by atoms with Crippen molar-refractivity contribution in [1.82, 2.24) is 9.78 Å². The van der Waals surface area contributed by atoms with E-state index in [-0.39, 0.29) is 11.6 Å². The van der Waals surface area contributed by atoms with Gasteiger partial charge in [-0.3, -0.25) is 4.68 Å². The minimum atomic E-state index is -2.66. The topological polar surface area (TPSA) is 44.1 Å². The number of nitrogens with zero attached hydrogens (tertiary/aromatic N) is 2. The third kappa shape index (κ3) is 2.78. The van der Waals surface area contributed by atoms with Gasteiger partial charge in [0.05, 0.1) is 5.56 Å².